The smallest absolute Gasteiger partial charge is 0.221 e. The van der Waals surface area contributed by atoms with Crippen molar-refractivity contribution in [2.45, 2.75) is 13.5 Å². The van der Waals surface area contributed by atoms with Gasteiger partial charge >= 0.3 is 0 Å². The molecule has 1 rings (SSSR count). The second-order valence-electron chi connectivity index (χ2n) is 3.34. The van der Waals surface area contributed by atoms with E-state index < -0.39 is 0 Å². The Hall–Kier alpha value is -1.31. The second-order valence-corrected chi connectivity index (χ2v) is 3.34. The van der Waals surface area contributed by atoms with Crippen molar-refractivity contribution < 1.29 is 4.79 Å². The Balaban J connectivity index is 0.00000256. The maximum atomic E-state index is 10.9. The molecule has 0 unspecified atom stereocenters. The van der Waals surface area contributed by atoms with Crippen LogP contribution in [0, 0.1) is 0 Å². The lowest BCUT2D eigenvalue weighted by Crippen LogP contribution is -2.30. The van der Waals surface area contributed by atoms with Crippen LogP contribution in [0.2, 0.25) is 0 Å². The fourth-order valence-electron chi connectivity index (χ4n) is 1.23. The van der Waals surface area contributed by atoms with Gasteiger partial charge in [-0.1, -0.05) is 12.1 Å². The normalized spacial score (nSPS) is 10.4. The summed E-state index contributed by atoms with van der Waals surface area (Å²) < 4.78 is 0. The van der Waals surface area contributed by atoms with E-state index in [0.717, 1.165) is 11.3 Å². The second kappa shape index (κ2) is 7.88. The molecule has 4 N–H and O–H groups in total. The van der Waals surface area contributed by atoms with Crippen LogP contribution in [0.1, 0.15) is 12.5 Å². The third-order valence-electron chi connectivity index (χ3n) is 1.96. The number of amides is 1. The van der Waals surface area contributed by atoms with Crippen molar-refractivity contribution in [3.8, 4) is 0 Å². The number of aliphatic imine (C=N–C) groups is 1. The van der Waals surface area contributed by atoms with Gasteiger partial charge in [0.2, 0.25) is 5.91 Å². The quantitative estimate of drug-likeness (QED) is 0.438. The van der Waals surface area contributed by atoms with Gasteiger partial charge in [-0.3, -0.25) is 9.79 Å². The number of nitrogens with zero attached hydrogens (tertiary/aromatic N) is 1. The predicted octanol–water partition coefficient (Wildman–Crippen LogP) is 1.30. The van der Waals surface area contributed by atoms with Crippen molar-refractivity contribution in [3.63, 3.8) is 0 Å². The lowest BCUT2D eigenvalue weighted by Gasteiger charge is -2.07. The third-order valence-corrected chi connectivity index (χ3v) is 1.96. The zero-order chi connectivity index (χ0) is 12.0. The number of benzene rings is 1. The van der Waals surface area contributed by atoms with Crippen molar-refractivity contribution >= 4 is 41.5 Å². The topological polar surface area (TPSA) is 79.5 Å². The number of nitrogens with one attached hydrogen (secondary N) is 2. The molecule has 1 amide bonds. The number of carbonyl (C=O) groups is 1. The van der Waals surface area contributed by atoms with Gasteiger partial charge in [0, 0.05) is 26.2 Å². The summed E-state index contributed by atoms with van der Waals surface area (Å²) in [5, 5.41) is 5.66. The van der Waals surface area contributed by atoms with E-state index in [4.69, 9.17) is 5.73 Å². The summed E-state index contributed by atoms with van der Waals surface area (Å²) in [6.45, 7) is 2.06. The lowest BCUT2D eigenvalue weighted by molar-refractivity contribution is -0.114. The summed E-state index contributed by atoms with van der Waals surface area (Å²) in [6.07, 6.45) is 0. The number of nitrogens with two attached hydrogens (primary N) is 1. The van der Waals surface area contributed by atoms with E-state index in [1.807, 2.05) is 24.3 Å². The Morgan fingerprint density at radius 1 is 1.47 bits per heavy atom. The zero-order valence-electron chi connectivity index (χ0n) is 9.86. The number of carbonyl (C=O) groups excluding carboxylic acids is 1. The minimum atomic E-state index is -0.0836. The van der Waals surface area contributed by atoms with Gasteiger partial charge in [-0.25, -0.2) is 0 Å². The van der Waals surface area contributed by atoms with Crippen molar-refractivity contribution in [2.24, 2.45) is 10.7 Å². The Kier molecular flexibility index (Phi) is 7.27. The number of anilines is 1. The summed E-state index contributed by atoms with van der Waals surface area (Å²) in [7, 11) is 1.62. The van der Waals surface area contributed by atoms with Gasteiger partial charge in [-0.2, -0.15) is 0 Å². The molecule has 0 aliphatic rings. The number of guanidine groups is 1. The Morgan fingerprint density at radius 3 is 2.76 bits per heavy atom. The van der Waals surface area contributed by atoms with Crippen LogP contribution >= 0.6 is 24.0 Å². The van der Waals surface area contributed by atoms with Gasteiger partial charge in [0.15, 0.2) is 5.96 Å². The summed E-state index contributed by atoms with van der Waals surface area (Å²) in [6, 6.07) is 7.54. The van der Waals surface area contributed by atoms with Crippen LogP contribution in [0.3, 0.4) is 0 Å². The summed E-state index contributed by atoms with van der Waals surface area (Å²) in [4.78, 5) is 14.7. The fraction of sp³-hybridized carbons (Fsp3) is 0.273. The number of hydrogen-bond donors (Lipinski definition) is 3. The molecular formula is C11H17IN4O. The Labute approximate surface area is 118 Å². The highest BCUT2D eigenvalue weighted by Crippen LogP contribution is 2.10. The average molecular weight is 348 g/mol. The van der Waals surface area contributed by atoms with Gasteiger partial charge in [0.1, 0.15) is 0 Å². The molecule has 0 atom stereocenters. The lowest BCUT2D eigenvalue weighted by atomic mass is 10.2. The van der Waals surface area contributed by atoms with E-state index in [0.29, 0.717) is 12.5 Å². The largest absolute Gasteiger partial charge is 0.370 e. The van der Waals surface area contributed by atoms with Crippen molar-refractivity contribution in [1.82, 2.24) is 5.32 Å². The minimum absolute atomic E-state index is 0. The van der Waals surface area contributed by atoms with Gasteiger partial charge < -0.3 is 16.4 Å². The molecule has 0 saturated carbocycles. The van der Waals surface area contributed by atoms with Crippen LogP contribution in [-0.4, -0.2) is 18.9 Å². The van der Waals surface area contributed by atoms with E-state index in [9.17, 15) is 4.79 Å². The minimum Gasteiger partial charge on any atom is -0.370 e. The molecule has 94 valence electrons. The molecule has 0 aromatic heterocycles. The molecule has 0 bridgehead atoms. The standard InChI is InChI=1S/C11H16N4O.HI/c1-8(16)15-10-5-3-4-9(6-10)7-14-11(12)13-2;/h3-6H,7H2,1-2H3,(H,15,16)(H3,12,13,14);1H. The van der Waals surface area contributed by atoms with E-state index in [1.165, 1.54) is 6.92 Å². The first kappa shape index (κ1) is 15.7. The van der Waals surface area contributed by atoms with Gasteiger partial charge in [0.25, 0.3) is 0 Å². The molecule has 0 saturated heterocycles. The Morgan fingerprint density at radius 2 is 2.18 bits per heavy atom. The SMILES string of the molecule is CN=C(N)NCc1cccc(NC(C)=O)c1.I. The molecule has 0 fully saturated rings. The van der Waals surface area contributed by atoms with Gasteiger partial charge in [-0.15, -0.1) is 24.0 Å². The van der Waals surface area contributed by atoms with E-state index in [-0.39, 0.29) is 29.9 Å². The molecule has 0 spiro atoms. The molecule has 17 heavy (non-hydrogen) atoms. The highest BCUT2D eigenvalue weighted by atomic mass is 127. The fourth-order valence-corrected chi connectivity index (χ4v) is 1.23. The number of halogens is 1. The van der Waals surface area contributed by atoms with Crippen LogP contribution in [0.25, 0.3) is 0 Å². The molecule has 0 aliphatic heterocycles. The van der Waals surface area contributed by atoms with Crippen LogP contribution in [0.5, 0.6) is 0 Å². The highest BCUT2D eigenvalue weighted by Gasteiger charge is 1.98. The average Bonchev–Trinajstić information content (AvgIpc) is 2.25. The van der Waals surface area contributed by atoms with Gasteiger partial charge in [0.05, 0.1) is 0 Å². The summed E-state index contributed by atoms with van der Waals surface area (Å²) in [5.41, 5.74) is 7.31. The first-order valence-corrected chi connectivity index (χ1v) is 4.94. The van der Waals surface area contributed by atoms with Crippen molar-refractivity contribution in [1.29, 1.82) is 0 Å². The summed E-state index contributed by atoms with van der Waals surface area (Å²) in [5.74, 6) is 0.310. The van der Waals surface area contributed by atoms with Gasteiger partial charge in [-0.05, 0) is 17.7 Å². The summed E-state index contributed by atoms with van der Waals surface area (Å²) >= 11 is 0. The van der Waals surface area contributed by atoms with Crippen LogP contribution < -0.4 is 16.4 Å². The molecule has 6 heteroatoms. The van der Waals surface area contributed by atoms with Crippen LogP contribution in [-0.2, 0) is 11.3 Å². The molecule has 0 aliphatic carbocycles. The molecule has 0 heterocycles. The van der Waals surface area contributed by atoms with Crippen LogP contribution in [0.4, 0.5) is 5.69 Å². The molecule has 5 nitrogen and oxygen atoms in total. The number of rotatable bonds is 3. The monoisotopic (exact) mass is 348 g/mol. The maximum absolute atomic E-state index is 10.9. The van der Waals surface area contributed by atoms with Crippen LogP contribution in [0.15, 0.2) is 29.3 Å². The van der Waals surface area contributed by atoms with E-state index in [2.05, 4.69) is 15.6 Å². The zero-order valence-corrected chi connectivity index (χ0v) is 12.2. The third kappa shape index (κ3) is 6.10. The molecule has 1 aromatic rings. The first-order valence-electron chi connectivity index (χ1n) is 4.94. The predicted molar refractivity (Wildman–Crippen MR) is 80.5 cm³/mol. The van der Waals surface area contributed by atoms with E-state index >= 15 is 0 Å². The first-order chi connectivity index (χ1) is 7.61. The van der Waals surface area contributed by atoms with E-state index in [1.54, 1.807) is 7.05 Å². The molecule has 1 aromatic carbocycles. The maximum Gasteiger partial charge on any atom is 0.221 e. The van der Waals surface area contributed by atoms with Crippen molar-refractivity contribution in [2.75, 3.05) is 12.4 Å². The molecule has 0 radical (unpaired) electrons. The van der Waals surface area contributed by atoms with Crippen molar-refractivity contribution in [3.05, 3.63) is 29.8 Å². The number of hydrogen-bond acceptors (Lipinski definition) is 2. The Bertz CT molecular complexity index is 406. The molecular weight excluding hydrogens is 331 g/mol. The highest BCUT2D eigenvalue weighted by molar-refractivity contribution is 14.0.